The molecule has 0 saturated carbocycles. The van der Waals surface area contributed by atoms with Gasteiger partial charge in [0.15, 0.2) is 17.7 Å². The first kappa shape index (κ1) is 22.5. The zero-order chi connectivity index (χ0) is 22.2. The first-order chi connectivity index (χ1) is 15.1. The summed E-state index contributed by atoms with van der Waals surface area (Å²) < 4.78 is 51.9. The Balaban J connectivity index is 1.98. The molecule has 0 radical (unpaired) electrons. The molecule has 3 rings (SSSR count). The third kappa shape index (κ3) is 5.10. The average molecular weight is 431 g/mol. The number of nitrogens with one attached hydrogen (secondary N) is 1. The van der Waals surface area contributed by atoms with Crippen molar-refractivity contribution >= 4 is 11.5 Å². The van der Waals surface area contributed by atoms with Crippen molar-refractivity contribution in [2.24, 2.45) is 0 Å². The smallest absolute Gasteiger partial charge is 0.203 e. The van der Waals surface area contributed by atoms with E-state index in [1.165, 1.54) is 14.2 Å². The van der Waals surface area contributed by atoms with Gasteiger partial charge >= 0.3 is 0 Å². The predicted molar refractivity (Wildman–Crippen MR) is 110 cm³/mol. The molecular formula is C22H23F2N3O4. The van der Waals surface area contributed by atoms with Crippen LogP contribution in [0.4, 0.5) is 20.3 Å². The fourth-order valence-corrected chi connectivity index (χ4v) is 3.05. The number of fused-ring (bicyclic) bond motifs is 1. The Morgan fingerprint density at radius 2 is 1.68 bits per heavy atom. The van der Waals surface area contributed by atoms with E-state index in [2.05, 4.69) is 21.2 Å². The van der Waals surface area contributed by atoms with E-state index < -0.39 is 12.3 Å². The number of rotatable bonds is 10. The Morgan fingerprint density at radius 3 is 2.32 bits per heavy atom. The van der Waals surface area contributed by atoms with Crippen LogP contribution >= 0.6 is 0 Å². The molecule has 0 bridgehead atoms. The molecule has 2 unspecified atom stereocenters. The molecule has 164 valence electrons. The number of alkyl halides is 2. The highest BCUT2D eigenvalue weighted by Crippen LogP contribution is 2.46. The second-order valence-corrected chi connectivity index (χ2v) is 6.51. The lowest BCUT2D eigenvalue weighted by molar-refractivity contribution is 0.0404. The first-order valence-corrected chi connectivity index (χ1v) is 9.54. The van der Waals surface area contributed by atoms with Crippen LogP contribution in [0, 0.1) is 12.3 Å². The lowest BCUT2D eigenvalue weighted by atomic mass is 9.96. The maximum absolute atomic E-state index is 15.7. The molecule has 1 aliphatic carbocycles. The van der Waals surface area contributed by atoms with Crippen LogP contribution in [0.2, 0.25) is 0 Å². The molecule has 1 heterocycles. The number of nitrogens with zero attached hydrogens (tertiary/aromatic N) is 2. The largest absolute Gasteiger partial charge is 0.488 e. The van der Waals surface area contributed by atoms with Gasteiger partial charge in [-0.05, 0) is 18.2 Å². The Labute approximate surface area is 179 Å². The van der Waals surface area contributed by atoms with E-state index in [-0.39, 0.29) is 55.0 Å². The Morgan fingerprint density at radius 1 is 1.00 bits per heavy atom. The second kappa shape index (κ2) is 10.7. The number of ether oxygens (including phenoxy) is 4. The van der Waals surface area contributed by atoms with Gasteiger partial charge in [-0.15, -0.1) is 6.42 Å². The summed E-state index contributed by atoms with van der Waals surface area (Å²) in [5, 5.41) is 3.00. The lowest BCUT2D eigenvalue weighted by Gasteiger charge is -2.29. The lowest BCUT2D eigenvalue weighted by Crippen LogP contribution is -2.23. The van der Waals surface area contributed by atoms with Gasteiger partial charge < -0.3 is 24.3 Å². The fourth-order valence-electron chi connectivity index (χ4n) is 3.05. The molecule has 2 aromatic rings. The minimum absolute atomic E-state index is 0.0200. The first-order valence-electron chi connectivity index (χ1n) is 9.54. The van der Waals surface area contributed by atoms with E-state index in [1.54, 1.807) is 24.3 Å². The Bertz CT molecular complexity index is 977. The van der Waals surface area contributed by atoms with Crippen LogP contribution < -0.4 is 5.32 Å². The van der Waals surface area contributed by atoms with Gasteiger partial charge in [0, 0.05) is 25.5 Å². The molecule has 2 atom stereocenters. The predicted octanol–water partition coefficient (Wildman–Crippen LogP) is 3.77. The summed E-state index contributed by atoms with van der Waals surface area (Å²) in [5.41, 5.74) is 1.01. The van der Waals surface area contributed by atoms with E-state index >= 15 is 8.78 Å². The summed E-state index contributed by atoms with van der Waals surface area (Å²) in [5.74, 6) is 2.09. The molecule has 0 fully saturated rings. The number of hydrogen-bond donors (Lipinski definition) is 1. The second-order valence-electron chi connectivity index (χ2n) is 6.51. The van der Waals surface area contributed by atoms with Crippen molar-refractivity contribution in [3.05, 3.63) is 58.9 Å². The Kier molecular flexibility index (Phi) is 7.76. The zero-order valence-corrected chi connectivity index (χ0v) is 17.2. The summed E-state index contributed by atoms with van der Waals surface area (Å²) in [4.78, 5) is 8.09. The van der Waals surface area contributed by atoms with Crippen LogP contribution in [-0.4, -0.2) is 50.6 Å². The highest BCUT2D eigenvalue weighted by atomic mass is 19.1. The van der Waals surface area contributed by atoms with Gasteiger partial charge in [0.2, 0.25) is 6.17 Å². The fraction of sp³-hybridized carbons (Fsp3) is 0.364. The molecule has 1 aromatic carbocycles. The van der Waals surface area contributed by atoms with Gasteiger partial charge in [-0.25, -0.2) is 18.7 Å². The van der Waals surface area contributed by atoms with Gasteiger partial charge in [-0.3, -0.25) is 0 Å². The van der Waals surface area contributed by atoms with Crippen LogP contribution in [0.3, 0.4) is 0 Å². The molecule has 7 nitrogen and oxygen atoms in total. The number of benzene rings is 1. The van der Waals surface area contributed by atoms with Crippen LogP contribution in [0.5, 0.6) is 0 Å². The average Bonchev–Trinajstić information content (AvgIpc) is 2.79. The molecule has 0 saturated heterocycles. The van der Waals surface area contributed by atoms with Crippen molar-refractivity contribution in [2.75, 3.05) is 46.0 Å². The van der Waals surface area contributed by atoms with Gasteiger partial charge in [0.25, 0.3) is 0 Å². The molecular weight excluding hydrogens is 408 g/mol. The summed E-state index contributed by atoms with van der Waals surface area (Å²) >= 11 is 0. The summed E-state index contributed by atoms with van der Waals surface area (Å²) in [6.45, 7) is 0.445. The van der Waals surface area contributed by atoms with E-state index in [0.717, 1.165) is 6.33 Å². The number of halogens is 2. The standard InChI is InChI=1S/C22H23F2N3O4/c1-4-14-6-5-7-15(12-14)27-22-16-17(23)20(30-10-8-28-2)21(31-11-9-29-3)18(24)19(16)25-13-26-22/h1,5-7,12-13,17-18H,8-11H2,2-3H3,(H,25,26,27). The molecule has 0 spiro atoms. The molecule has 9 heteroatoms. The quantitative estimate of drug-likeness (QED) is 0.453. The highest BCUT2D eigenvalue weighted by molar-refractivity contribution is 5.64. The normalized spacial score (nSPS) is 17.6. The summed E-state index contributed by atoms with van der Waals surface area (Å²) in [6, 6.07) is 6.94. The SMILES string of the molecule is C#Cc1cccc(Nc2ncnc3c2C(F)C(OCCOC)=C(OCCOC)C3F)c1. The summed E-state index contributed by atoms with van der Waals surface area (Å²) in [6.07, 6.45) is 2.91. The molecule has 1 aliphatic rings. The number of anilines is 2. The topological polar surface area (TPSA) is 74.7 Å². The summed E-state index contributed by atoms with van der Waals surface area (Å²) in [7, 11) is 2.96. The van der Waals surface area contributed by atoms with Crippen molar-refractivity contribution in [3.8, 4) is 12.3 Å². The van der Waals surface area contributed by atoms with E-state index in [4.69, 9.17) is 25.4 Å². The maximum Gasteiger partial charge on any atom is 0.203 e. The van der Waals surface area contributed by atoms with Crippen molar-refractivity contribution in [3.63, 3.8) is 0 Å². The van der Waals surface area contributed by atoms with Crippen molar-refractivity contribution in [1.29, 1.82) is 0 Å². The zero-order valence-electron chi connectivity index (χ0n) is 17.2. The molecule has 1 N–H and O–H groups in total. The maximum atomic E-state index is 15.7. The van der Waals surface area contributed by atoms with Crippen molar-refractivity contribution in [2.45, 2.75) is 12.3 Å². The third-order valence-corrected chi connectivity index (χ3v) is 4.49. The Hall–Kier alpha value is -3.22. The van der Waals surface area contributed by atoms with Crippen LogP contribution in [-0.2, 0) is 18.9 Å². The number of allylic oxidation sites excluding steroid dienone is 2. The van der Waals surface area contributed by atoms with Crippen LogP contribution in [0.15, 0.2) is 42.1 Å². The number of terminal acetylenes is 1. The highest BCUT2D eigenvalue weighted by Gasteiger charge is 2.41. The molecule has 1 aromatic heterocycles. The van der Waals surface area contributed by atoms with Gasteiger partial charge in [-0.2, -0.15) is 0 Å². The van der Waals surface area contributed by atoms with Crippen LogP contribution in [0.1, 0.15) is 29.2 Å². The number of aromatic nitrogens is 2. The van der Waals surface area contributed by atoms with E-state index in [9.17, 15) is 0 Å². The minimum atomic E-state index is -1.85. The van der Waals surface area contributed by atoms with Crippen molar-refractivity contribution in [1.82, 2.24) is 9.97 Å². The van der Waals surface area contributed by atoms with E-state index in [1.807, 2.05) is 0 Å². The number of methoxy groups -OCH3 is 2. The molecule has 0 amide bonds. The van der Waals surface area contributed by atoms with Crippen molar-refractivity contribution < 1.29 is 27.7 Å². The van der Waals surface area contributed by atoms with Gasteiger partial charge in [0.1, 0.15) is 25.4 Å². The van der Waals surface area contributed by atoms with Gasteiger partial charge in [0.05, 0.1) is 24.5 Å². The molecule has 0 aliphatic heterocycles. The monoisotopic (exact) mass is 431 g/mol. The minimum Gasteiger partial charge on any atom is -0.488 e. The molecule has 31 heavy (non-hydrogen) atoms. The van der Waals surface area contributed by atoms with Crippen LogP contribution in [0.25, 0.3) is 0 Å². The number of hydrogen-bond acceptors (Lipinski definition) is 7. The van der Waals surface area contributed by atoms with E-state index in [0.29, 0.717) is 11.3 Å². The third-order valence-electron chi connectivity index (χ3n) is 4.49. The van der Waals surface area contributed by atoms with Gasteiger partial charge in [-0.1, -0.05) is 12.0 Å².